The number of carbonyl (C=O) groups is 1. The fraction of sp³-hybridized carbons (Fsp3) is 0.200. The van der Waals surface area contributed by atoms with Crippen molar-refractivity contribution >= 4 is 17.0 Å². The molecule has 0 saturated carbocycles. The average Bonchev–Trinajstić information content (AvgIpc) is 3.26. The van der Waals surface area contributed by atoms with Crippen molar-refractivity contribution in [3.05, 3.63) is 65.6 Å². The van der Waals surface area contributed by atoms with Gasteiger partial charge in [-0.2, -0.15) is 5.10 Å². The van der Waals surface area contributed by atoms with Crippen molar-refractivity contribution in [1.29, 1.82) is 0 Å². The van der Waals surface area contributed by atoms with Gasteiger partial charge in [0.15, 0.2) is 0 Å². The zero-order valence-corrected chi connectivity index (χ0v) is 15.4. The van der Waals surface area contributed by atoms with Crippen LogP contribution in [-0.2, 0) is 13.6 Å². The minimum atomic E-state index is -0.116. The van der Waals surface area contributed by atoms with Gasteiger partial charge >= 0.3 is 0 Å². The third-order valence-electron chi connectivity index (χ3n) is 4.44. The fourth-order valence-electron chi connectivity index (χ4n) is 3.12. The highest BCUT2D eigenvalue weighted by molar-refractivity contribution is 6.06. The first-order chi connectivity index (χ1) is 13.0. The molecule has 3 heterocycles. The number of nitrogens with zero attached hydrogens (tertiary/aromatic N) is 5. The van der Waals surface area contributed by atoms with E-state index in [9.17, 15) is 4.79 Å². The molecule has 0 bridgehead atoms. The second-order valence-electron chi connectivity index (χ2n) is 6.55. The Morgan fingerprint density at radius 2 is 2.04 bits per heavy atom. The molecule has 3 aromatic heterocycles. The highest BCUT2D eigenvalue weighted by atomic mass is 16.5. The number of carbonyl (C=O) groups excluding carboxylic acids is 1. The highest BCUT2D eigenvalue weighted by Gasteiger charge is 2.22. The number of aromatic nitrogens is 4. The second-order valence-corrected chi connectivity index (χ2v) is 6.55. The first-order valence-corrected chi connectivity index (χ1v) is 8.58. The molecule has 4 aromatic rings. The molecule has 0 aliphatic heterocycles. The zero-order valence-electron chi connectivity index (χ0n) is 15.4. The summed E-state index contributed by atoms with van der Waals surface area (Å²) in [5, 5.41) is 8.80. The Hall–Kier alpha value is -3.48. The molecular formula is C20H19N5O2. The highest BCUT2D eigenvalue weighted by Crippen LogP contribution is 2.28. The number of benzene rings is 1. The quantitative estimate of drug-likeness (QED) is 0.558. The van der Waals surface area contributed by atoms with E-state index >= 15 is 0 Å². The van der Waals surface area contributed by atoms with Gasteiger partial charge in [-0.05, 0) is 13.0 Å². The number of aryl methyl sites for hydroxylation is 2. The average molecular weight is 361 g/mol. The van der Waals surface area contributed by atoms with Gasteiger partial charge in [0, 0.05) is 38.0 Å². The van der Waals surface area contributed by atoms with Crippen molar-refractivity contribution in [1.82, 2.24) is 24.8 Å². The SMILES string of the molecule is Cc1noc2nc(-c3ccccc3)cc(C(=O)N(C)Cc3cnn(C)c3)c12. The molecule has 0 aliphatic carbocycles. The molecular weight excluding hydrogens is 342 g/mol. The topological polar surface area (TPSA) is 77.1 Å². The Balaban J connectivity index is 1.77. The van der Waals surface area contributed by atoms with Crippen LogP contribution in [0.5, 0.6) is 0 Å². The van der Waals surface area contributed by atoms with Crippen LogP contribution in [0.2, 0.25) is 0 Å². The van der Waals surface area contributed by atoms with E-state index in [2.05, 4.69) is 15.2 Å². The number of pyridine rings is 1. The summed E-state index contributed by atoms with van der Waals surface area (Å²) in [6.45, 7) is 2.27. The van der Waals surface area contributed by atoms with E-state index in [0.717, 1.165) is 11.1 Å². The lowest BCUT2D eigenvalue weighted by molar-refractivity contribution is 0.0787. The minimum Gasteiger partial charge on any atom is -0.337 e. The van der Waals surface area contributed by atoms with E-state index < -0.39 is 0 Å². The Labute approximate surface area is 156 Å². The van der Waals surface area contributed by atoms with Crippen LogP contribution in [0.15, 0.2) is 53.3 Å². The number of hydrogen-bond acceptors (Lipinski definition) is 5. The summed E-state index contributed by atoms with van der Waals surface area (Å²) in [6, 6.07) is 11.5. The third kappa shape index (κ3) is 3.19. The van der Waals surface area contributed by atoms with Gasteiger partial charge in [-0.3, -0.25) is 9.48 Å². The molecule has 0 saturated heterocycles. The summed E-state index contributed by atoms with van der Waals surface area (Å²) in [5.74, 6) is -0.116. The predicted molar refractivity (Wildman–Crippen MR) is 101 cm³/mol. The number of fused-ring (bicyclic) bond motifs is 1. The summed E-state index contributed by atoms with van der Waals surface area (Å²) >= 11 is 0. The van der Waals surface area contributed by atoms with Crippen LogP contribution in [0.25, 0.3) is 22.4 Å². The summed E-state index contributed by atoms with van der Waals surface area (Å²) < 4.78 is 7.08. The normalized spacial score (nSPS) is 11.1. The molecule has 0 spiro atoms. The Morgan fingerprint density at radius 3 is 2.74 bits per heavy atom. The summed E-state index contributed by atoms with van der Waals surface area (Å²) in [6.07, 6.45) is 3.65. The molecule has 1 aromatic carbocycles. The molecule has 27 heavy (non-hydrogen) atoms. The monoisotopic (exact) mass is 361 g/mol. The van der Waals surface area contributed by atoms with Gasteiger partial charge in [0.25, 0.3) is 11.6 Å². The van der Waals surface area contributed by atoms with Crippen molar-refractivity contribution in [3.8, 4) is 11.3 Å². The molecule has 0 atom stereocenters. The third-order valence-corrected chi connectivity index (χ3v) is 4.44. The lowest BCUT2D eigenvalue weighted by Crippen LogP contribution is -2.26. The maximum atomic E-state index is 13.2. The zero-order chi connectivity index (χ0) is 19.0. The lowest BCUT2D eigenvalue weighted by atomic mass is 10.0. The Kier molecular flexibility index (Phi) is 4.19. The van der Waals surface area contributed by atoms with E-state index in [1.165, 1.54) is 0 Å². The molecule has 0 aliphatic rings. The van der Waals surface area contributed by atoms with Crippen LogP contribution in [0.4, 0.5) is 0 Å². The molecule has 1 amide bonds. The van der Waals surface area contributed by atoms with Gasteiger partial charge in [0.05, 0.1) is 28.5 Å². The van der Waals surface area contributed by atoms with Crippen LogP contribution in [0.1, 0.15) is 21.6 Å². The summed E-state index contributed by atoms with van der Waals surface area (Å²) in [5.41, 5.74) is 4.10. The van der Waals surface area contributed by atoms with Crippen LogP contribution >= 0.6 is 0 Å². The van der Waals surface area contributed by atoms with E-state index in [1.54, 1.807) is 22.8 Å². The van der Waals surface area contributed by atoms with Gasteiger partial charge in [-0.1, -0.05) is 35.5 Å². The van der Waals surface area contributed by atoms with Gasteiger partial charge in [0.1, 0.15) is 0 Å². The number of rotatable bonds is 4. The van der Waals surface area contributed by atoms with Crippen molar-refractivity contribution in [2.45, 2.75) is 13.5 Å². The Morgan fingerprint density at radius 1 is 1.26 bits per heavy atom. The molecule has 0 radical (unpaired) electrons. The van der Waals surface area contributed by atoms with E-state index in [-0.39, 0.29) is 5.91 Å². The predicted octanol–water partition coefficient (Wildman–Crippen LogP) is 3.20. The molecule has 7 nitrogen and oxygen atoms in total. The first kappa shape index (κ1) is 17.0. The maximum Gasteiger partial charge on any atom is 0.259 e. The van der Waals surface area contributed by atoms with Crippen LogP contribution in [-0.4, -0.2) is 37.8 Å². The number of amides is 1. The Bertz CT molecular complexity index is 1110. The lowest BCUT2D eigenvalue weighted by Gasteiger charge is -2.17. The van der Waals surface area contributed by atoms with E-state index in [1.807, 2.05) is 56.6 Å². The first-order valence-electron chi connectivity index (χ1n) is 8.58. The van der Waals surface area contributed by atoms with Crippen LogP contribution in [0.3, 0.4) is 0 Å². The molecule has 7 heteroatoms. The van der Waals surface area contributed by atoms with Crippen LogP contribution in [0, 0.1) is 6.92 Å². The second kappa shape index (κ2) is 6.68. The maximum absolute atomic E-state index is 13.2. The summed E-state index contributed by atoms with van der Waals surface area (Å²) in [4.78, 5) is 19.4. The van der Waals surface area contributed by atoms with E-state index in [4.69, 9.17) is 4.52 Å². The van der Waals surface area contributed by atoms with Gasteiger partial charge in [-0.25, -0.2) is 4.98 Å². The van der Waals surface area contributed by atoms with Crippen LogP contribution < -0.4 is 0 Å². The van der Waals surface area contributed by atoms with Gasteiger partial charge < -0.3 is 9.42 Å². The largest absolute Gasteiger partial charge is 0.337 e. The van der Waals surface area contributed by atoms with Gasteiger partial charge in [0.2, 0.25) is 0 Å². The molecule has 4 rings (SSSR count). The molecule has 136 valence electrons. The van der Waals surface area contributed by atoms with E-state index in [0.29, 0.717) is 34.6 Å². The standard InChI is InChI=1S/C20H19N5O2/c1-13-18-16(20(26)24(2)11-14-10-21-25(3)12-14)9-17(22-19(18)27-23-13)15-7-5-4-6-8-15/h4-10,12H,11H2,1-3H3. The van der Waals surface area contributed by atoms with Crippen molar-refractivity contribution in [2.75, 3.05) is 7.05 Å². The fourth-order valence-corrected chi connectivity index (χ4v) is 3.12. The number of hydrogen-bond donors (Lipinski definition) is 0. The van der Waals surface area contributed by atoms with Crippen molar-refractivity contribution < 1.29 is 9.32 Å². The molecule has 0 unspecified atom stereocenters. The van der Waals surface area contributed by atoms with Crippen molar-refractivity contribution in [3.63, 3.8) is 0 Å². The molecule has 0 N–H and O–H groups in total. The smallest absolute Gasteiger partial charge is 0.259 e. The summed E-state index contributed by atoms with van der Waals surface area (Å²) in [7, 11) is 3.62. The minimum absolute atomic E-state index is 0.116. The van der Waals surface area contributed by atoms with Gasteiger partial charge in [-0.15, -0.1) is 0 Å². The molecule has 0 fully saturated rings. The van der Waals surface area contributed by atoms with Crippen molar-refractivity contribution in [2.24, 2.45) is 7.05 Å².